The number of nitrogens with one attached hydrogen (secondary N) is 1. The summed E-state index contributed by atoms with van der Waals surface area (Å²) in [4.78, 5) is 29.3. The van der Waals surface area contributed by atoms with Crippen LogP contribution in [0, 0.1) is 0 Å². The van der Waals surface area contributed by atoms with Gasteiger partial charge in [-0.1, -0.05) is 6.92 Å². The Labute approximate surface area is 86.4 Å². The second-order valence-electron chi connectivity index (χ2n) is 2.86. The van der Waals surface area contributed by atoms with Crippen LogP contribution in [-0.4, -0.2) is 27.0 Å². The maximum Gasteiger partial charge on any atom is 0.358 e. The molecule has 0 aliphatic rings. The lowest BCUT2D eigenvalue weighted by Crippen LogP contribution is -2.16. The van der Waals surface area contributed by atoms with E-state index in [1.54, 1.807) is 0 Å². The van der Waals surface area contributed by atoms with Crippen LogP contribution in [-0.2, 0) is 4.79 Å². The number of amides is 1. The van der Waals surface area contributed by atoms with E-state index in [9.17, 15) is 9.59 Å². The maximum absolute atomic E-state index is 11.2. The predicted octanol–water partition coefficient (Wildman–Crippen LogP) is 0.913. The molecular weight excluding hydrogens is 198 g/mol. The molecule has 1 aromatic heterocycles. The van der Waals surface area contributed by atoms with Gasteiger partial charge < -0.3 is 10.4 Å². The van der Waals surface area contributed by atoms with Gasteiger partial charge in [0.1, 0.15) is 0 Å². The summed E-state index contributed by atoms with van der Waals surface area (Å²) in [5.41, 5.74) is -0.248. The van der Waals surface area contributed by atoms with E-state index in [-0.39, 0.29) is 17.4 Å². The fourth-order valence-corrected chi connectivity index (χ4v) is 1.01. The first-order valence-electron chi connectivity index (χ1n) is 4.49. The molecule has 0 radical (unpaired) electrons. The molecule has 6 heteroatoms. The summed E-state index contributed by atoms with van der Waals surface area (Å²) in [6.07, 6.45) is 3.61. The zero-order valence-electron chi connectivity index (χ0n) is 8.23. The summed E-state index contributed by atoms with van der Waals surface area (Å²) in [5, 5.41) is 11.2. The number of carbonyl (C=O) groups is 2. The third-order valence-corrected chi connectivity index (χ3v) is 1.64. The topological polar surface area (TPSA) is 92.2 Å². The van der Waals surface area contributed by atoms with Crippen LogP contribution >= 0.6 is 0 Å². The van der Waals surface area contributed by atoms with Gasteiger partial charge in [-0.2, -0.15) is 0 Å². The molecule has 0 aliphatic carbocycles. The average Bonchev–Trinajstić information content (AvgIpc) is 2.18. The average molecular weight is 209 g/mol. The van der Waals surface area contributed by atoms with Crippen molar-refractivity contribution in [2.24, 2.45) is 0 Å². The molecule has 0 fully saturated rings. The molecule has 1 rings (SSSR count). The summed E-state index contributed by atoms with van der Waals surface area (Å²) in [6.45, 7) is 1.86. The second kappa shape index (κ2) is 5.04. The van der Waals surface area contributed by atoms with Gasteiger partial charge in [0.05, 0.1) is 0 Å². The molecule has 0 bridgehead atoms. The van der Waals surface area contributed by atoms with Gasteiger partial charge in [-0.15, -0.1) is 0 Å². The molecule has 0 aromatic carbocycles. The Morgan fingerprint density at radius 3 is 2.67 bits per heavy atom. The highest BCUT2D eigenvalue weighted by Crippen LogP contribution is 2.08. The van der Waals surface area contributed by atoms with Gasteiger partial charge in [-0.25, -0.2) is 14.8 Å². The van der Waals surface area contributed by atoms with Crippen LogP contribution < -0.4 is 5.32 Å². The van der Waals surface area contributed by atoms with E-state index in [0.29, 0.717) is 12.8 Å². The van der Waals surface area contributed by atoms with Gasteiger partial charge >= 0.3 is 5.97 Å². The van der Waals surface area contributed by atoms with Gasteiger partial charge in [0.15, 0.2) is 11.5 Å². The van der Waals surface area contributed by atoms with Crippen LogP contribution in [0.5, 0.6) is 0 Å². The van der Waals surface area contributed by atoms with Crippen molar-refractivity contribution < 1.29 is 14.7 Å². The minimum absolute atomic E-state index is 0.0107. The largest absolute Gasteiger partial charge is 0.476 e. The third kappa shape index (κ3) is 3.01. The quantitative estimate of drug-likeness (QED) is 0.769. The van der Waals surface area contributed by atoms with Crippen molar-refractivity contribution in [3.05, 3.63) is 18.1 Å². The number of carboxylic acid groups (broad SMARTS) is 1. The smallest absolute Gasteiger partial charge is 0.358 e. The minimum Gasteiger partial charge on any atom is -0.476 e. The lowest BCUT2D eigenvalue weighted by atomic mass is 10.3. The van der Waals surface area contributed by atoms with Crippen molar-refractivity contribution in [1.29, 1.82) is 0 Å². The number of aromatic carboxylic acids is 1. The Bertz CT molecular complexity index is 379. The molecule has 2 N–H and O–H groups in total. The zero-order valence-corrected chi connectivity index (χ0v) is 8.23. The number of anilines is 1. The zero-order chi connectivity index (χ0) is 11.3. The molecule has 6 nitrogen and oxygen atoms in total. The number of rotatable bonds is 4. The van der Waals surface area contributed by atoms with Gasteiger partial charge in [-0.3, -0.25) is 4.79 Å². The van der Waals surface area contributed by atoms with Gasteiger partial charge in [0.2, 0.25) is 5.91 Å². The maximum atomic E-state index is 11.2. The standard InChI is InChI=1S/C9H11N3O3/c1-2-3-6(13)12-8-7(9(14)15)10-4-5-11-8/h4-5H,2-3H2,1H3,(H,14,15)(H,11,12,13). The monoisotopic (exact) mass is 209 g/mol. The van der Waals surface area contributed by atoms with Gasteiger partial charge in [0, 0.05) is 18.8 Å². The number of aromatic nitrogens is 2. The summed E-state index contributed by atoms with van der Waals surface area (Å²) in [7, 11) is 0. The van der Waals surface area contributed by atoms with E-state index in [1.807, 2.05) is 6.92 Å². The van der Waals surface area contributed by atoms with E-state index in [2.05, 4.69) is 15.3 Å². The predicted molar refractivity (Wildman–Crippen MR) is 52.5 cm³/mol. The second-order valence-corrected chi connectivity index (χ2v) is 2.86. The Balaban J connectivity index is 2.84. The molecule has 0 spiro atoms. The Kier molecular flexibility index (Phi) is 3.73. The van der Waals surface area contributed by atoms with E-state index < -0.39 is 5.97 Å². The summed E-state index contributed by atoms with van der Waals surface area (Å²) in [5.74, 6) is -1.49. The molecule has 0 atom stereocenters. The number of nitrogens with zero attached hydrogens (tertiary/aromatic N) is 2. The van der Waals surface area contributed by atoms with Gasteiger partial charge in [0.25, 0.3) is 0 Å². The molecule has 1 heterocycles. The molecule has 1 aromatic rings. The normalized spacial score (nSPS) is 9.67. The van der Waals surface area contributed by atoms with E-state index in [4.69, 9.17) is 5.11 Å². The molecule has 1 amide bonds. The van der Waals surface area contributed by atoms with Crippen LogP contribution in [0.2, 0.25) is 0 Å². The molecule has 0 unspecified atom stereocenters. The SMILES string of the molecule is CCCC(=O)Nc1nccnc1C(=O)O. The van der Waals surface area contributed by atoms with E-state index in [1.165, 1.54) is 12.4 Å². The highest BCUT2D eigenvalue weighted by atomic mass is 16.4. The first-order valence-corrected chi connectivity index (χ1v) is 4.49. The first kappa shape index (κ1) is 11.1. The van der Waals surface area contributed by atoms with Crippen LogP contribution in [0.25, 0.3) is 0 Å². The minimum atomic E-state index is -1.21. The Hall–Kier alpha value is -1.98. The van der Waals surface area contributed by atoms with Crippen LogP contribution in [0.15, 0.2) is 12.4 Å². The van der Waals surface area contributed by atoms with Crippen molar-refractivity contribution in [2.45, 2.75) is 19.8 Å². The highest BCUT2D eigenvalue weighted by molar-refractivity contribution is 5.97. The third-order valence-electron chi connectivity index (χ3n) is 1.64. The van der Waals surface area contributed by atoms with Crippen LogP contribution in [0.4, 0.5) is 5.82 Å². The Morgan fingerprint density at radius 2 is 2.07 bits per heavy atom. The summed E-state index contributed by atoms with van der Waals surface area (Å²) in [6, 6.07) is 0. The number of hydrogen-bond donors (Lipinski definition) is 2. The van der Waals surface area contributed by atoms with Crippen molar-refractivity contribution in [3.8, 4) is 0 Å². The fourth-order valence-electron chi connectivity index (χ4n) is 1.01. The lowest BCUT2D eigenvalue weighted by molar-refractivity contribution is -0.116. The molecule has 0 aliphatic heterocycles. The molecule has 0 saturated heterocycles. The Morgan fingerprint density at radius 1 is 1.40 bits per heavy atom. The van der Waals surface area contributed by atoms with E-state index >= 15 is 0 Å². The summed E-state index contributed by atoms with van der Waals surface area (Å²) >= 11 is 0. The molecule has 80 valence electrons. The molecule has 15 heavy (non-hydrogen) atoms. The van der Waals surface area contributed by atoms with Crippen molar-refractivity contribution in [1.82, 2.24) is 9.97 Å². The van der Waals surface area contributed by atoms with Crippen LogP contribution in [0.1, 0.15) is 30.3 Å². The van der Waals surface area contributed by atoms with E-state index in [0.717, 1.165) is 0 Å². The summed E-state index contributed by atoms with van der Waals surface area (Å²) < 4.78 is 0. The molecular formula is C9H11N3O3. The lowest BCUT2D eigenvalue weighted by Gasteiger charge is -2.04. The van der Waals surface area contributed by atoms with Crippen molar-refractivity contribution in [3.63, 3.8) is 0 Å². The molecule has 0 saturated carbocycles. The number of hydrogen-bond acceptors (Lipinski definition) is 4. The van der Waals surface area contributed by atoms with Crippen molar-refractivity contribution >= 4 is 17.7 Å². The van der Waals surface area contributed by atoms with Crippen LogP contribution in [0.3, 0.4) is 0 Å². The van der Waals surface area contributed by atoms with Crippen molar-refractivity contribution in [2.75, 3.05) is 5.32 Å². The first-order chi connectivity index (χ1) is 7.15. The fraction of sp³-hybridized carbons (Fsp3) is 0.333. The van der Waals surface area contributed by atoms with Gasteiger partial charge in [-0.05, 0) is 6.42 Å². The number of carboxylic acids is 1. The highest BCUT2D eigenvalue weighted by Gasteiger charge is 2.14. The number of carbonyl (C=O) groups excluding carboxylic acids is 1.